The Morgan fingerprint density at radius 3 is 2.50 bits per heavy atom. The van der Waals surface area contributed by atoms with Crippen LogP contribution in [0.3, 0.4) is 0 Å². The normalized spacial score (nSPS) is 29.3. The number of allylic oxidation sites excluding steroid dienone is 1. The zero-order valence-electron chi connectivity index (χ0n) is 18.6. The van der Waals surface area contributed by atoms with Crippen molar-refractivity contribution in [2.75, 3.05) is 13.2 Å². The van der Waals surface area contributed by atoms with E-state index >= 15 is 0 Å². The molecule has 0 amide bonds. The first-order valence-corrected chi connectivity index (χ1v) is 10.5. The summed E-state index contributed by atoms with van der Waals surface area (Å²) in [5.74, 6) is -2.75. The first-order chi connectivity index (χ1) is 15.1. The molecule has 1 heterocycles. The van der Waals surface area contributed by atoms with Gasteiger partial charge in [-0.15, -0.1) is 0 Å². The highest BCUT2D eigenvalue weighted by atomic mass is 16.6. The number of carbonyl (C=O) groups excluding carboxylic acids is 4. The predicted octanol–water partition coefficient (Wildman–Crippen LogP) is 2.59. The minimum Gasteiger partial charge on any atom is -0.462 e. The summed E-state index contributed by atoms with van der Waals surface area (Å²) in [6, 6.07) is 0. The molecule has 1 saturated carbocycles. The van der Waals surface area contributed by atoms with Crippen LogP contribution in [0.1, 0.15) is 33.6 Å². The highest BCUT2D eigenvalue weighted by molar-refractivity contribution is 5.92. The molecule has 1 aliphatic heterocycles. The molecule has 5 atom stereocenters. The summed E-state index contributed by atoms with van der Waals surface area (Å²) in [4.78, 5) is 47.6. The van der Waals surface area contributed by atoms with Crippen LogP contribution in [0, 0.1) is 17.8 Å². The SMILES string of the molecule is C=C1C(=O)O[C@@H]2[C@H]3C(C)=CC[C@H]3C(=C)C[C@@H](OC(=O)/C(=C/COC(C)=O)COC(C)=O)[C@@H]12. The van der Waals surface area contributed by atoms with E-state index in [1.165, 1.54) is 19.9 Å². The van der Waals surface area contributed by atoms with Gasteiger partial charge in [0.2, 0.25) is 0 Å². The third kappa shape index (κ3) is 4.84. The van der Waals surface area contributed by atoms with Gasteiger partial charge in [0.25, 0.3) is 0 Å². The highest BCUT2D eigenvalue weighted by Crippen LogP contribution is 2.51. The molecule has 8 heteroatoms. The summed E-state index contributed by atoms with van der Waals surface area (Å²) in [6.45, 7) is 12.1. The fourth-order valence-electron chi connectivity index (χ4n) is 4.67. The van der Waals surface area contributed by atoms with E-state index in [4.69, 9.17) is 18.9 Å². The molecular weight excluding hydrogens is 416 g/mol. The lowest BCUT2D eigenvalue weighted by Gasteiger charge is -2.28. The molecule has 0 spiro atoms. The van der Waals surface area contributed by atoms with Gasteiger partial charge in [-0.3, -0.25) is 9.59 Å². The van der Waals surface area contributed by atoms with E-state index in [9.17, 15) is 19.2 Å². The zero-order valence-corrected chi connectivity index (χ0v) is 18.6. The highest BCUT2D eigenvalue weighted by Gasteiger charge is 2.54. The summed E-state index contributed by atoms with van der Waals surface area (Å²) < 4.78 is 21.3. The smallest absolute Gasteiger partial charge is 0.337 e. The van der Waals surface area contributed by atoms with Crippen molar-refractivity contribution < 1.29 is 38.1 Å². The van der Waals surface area contributed by atoms with E-state index in [-0.39, 0.29) is 36.2 Å². The van der Waals surface area contributed by atoms with Crippen molar-refractivity contribution in [1.29, 1.82) is 0 Å². The van der Waals surface area contributed by atoms with Crippen LogP contribution >= 0.6 is 0 Å². The molecule has 2 aliphatic carbocycles. The number of rotatable bonds is 6. The van der Waals surface area contributed by atoms with Crippen molar-refractivity contribution in [3.63, 3.8) is 0 Å². The zero-order chi connectivity index (χ0) is 23.6. The number of carbonyl (C=O) groups is 4. The third-order valence-electron chi connectivity index (χ3n) is 6.22. The molecule has 3 aliphatic rings. The first-order valence-electron chi connectivity index (χ1n) is 10.5. The minimum absolute atomic E-state index is 0.0278. The van der Waals surface area contributed by atoms with Crippen LogP contribution in [-0.2, 0) is 38.1 Å². The van der Waals surface area contributed by atoms with Gasteiger partial charge in [0.05, 0.1) is 11.5 Å². The van der Waals surface area contributed by atoms with E-state index in [1.807, 2.05) is 6.92 Å². The molecule has 0 N–H and O–H groups in total. The molecule has 0 unspecified atom stereocenters. The Morgan fingerprint density at radius 2 is 1.84 bits per heavy atom. The Balaban J connectivity index is 1.85. The van der Waals surface area contributed by atoms with Crippen molar-refractivity contribution in [3.05, 3.63) is 47.6 Å². The third-order valence-corrected chi connectivity index (χ3v) is 6.22. The van der Waals surface area contributed by atoms with Gasteiger partial charge in [0.1, 0.15) is 25.4 Å². The lowest BCUT2D eigenvalue weighted by Crippen LogP contribution is -2.36. The first kappa shape index (κ1) is 23.5. The molecular formula is C24H28O8. The second kappa shape index (κ2) is 9.54. The van der Waals surface area contributed by atoms with Crippen molar-refractivity contribution in [3.8, 4) is 0 Å². The van der Waals surface area contributed by atoms with E-state index in [1.54, 1.807) is 0 Å². The Kier molecular flexibility index (Phi) is 7.01. The Bertz CT molecular complexity index is 924. The van der Waals surface area contributed by atoms with E-state index < -0.39 is 42.0 Å². The maximum Gasteiger partial charge on any atom is 0.337 e. The molecule has 2 fully saturated rings. The van der Waals surface area contributed by atoms with Gasteiger partial charge in [-0.05, 0) is 25.3 Å². The summed E-state index contributed by atoms with van der Waals surface area (Å²) in [7, 11) is 0. The lowest BCUT2D eigenvalue weighted by atomic mass is 9.80. The van der Waals surface area contributed by atoms with Crippen LogP contribution in [0.15, 0.2) is 47.6 Å². The monoisotopic (exact) mass is 444 g/mol. The number of fused-ring (bicyclic) bond motifs is 3. The van der Waals surface area contributed by atoms with E-state index in [0.29, 0.717) is 6.42 Å². The van der Waals surface area contributed by atoms with Crippen molar-refractivity contribution in [1.82, 2.24) is 0 Å². The molecule has 8 nitrogen and oxygen atoms in total. The van der Waals surface area contributed by atoms with Gasteiger partial charge in [-0.1, -0.05) is 30.4 Å². The van der Waals surface area contributed by atoms with Gasteiger partial charge in [-0.25, -0.2) is 9.59 Å². The predicted molar refractivity (Wildman–Crippen MR) is 113 cm³/mol. The Labute approximate surface area is 186 Å². The van der Waals surface area contributed by atoms with Crippen molar-refractivity contribution >= 4 is 23.9 Å². The molecule has 172 valence electrons. The van der Waals surface area contributed by atoms with E-state index in [0.717, 1.165) is 17.6 Å². The molecule has 0 aromatic rings. The quantitative estimate of drug-likeness (QED) is 0.266. The van der Waals surface area contributed by atoms with Gasteiger partial charge in [-0.2, -0.15) is 0 Å². The average Bonchev–Trinajstić information content (AvgIpc) is 3.19. The second-order valence-electron chi connectivity index (χ2n) is 8.36. The molecule has 1 saturated heterocycles. The standard InChI is InChI=1S/C24H28O8/c1-12-6-7-18-13(2)10-19(21-14(3)23(27)32-22(21)20(12)18)31-24(28)17(11-30-16(5)26)8-9-29-15(4)25/h6,8,18-22H,2-3,7,9-11H2,1,4-5H3/b17-8+/t18-,19+,20-,21+,22+/m0/s1. The van der Waals surface area contributed by atoms with Gasteiger partial charge < -0.3 is 18.9 Å². The maximum absolute atomic E-state index is 13.0. The van der Waals surface area contributed by atoms with Crippen LogP contribution in [-0.4, -0.2) is 49.3 Å². The van der Waals surface area contributed by atoms with E-state index in [2.05, 4.69) is 19.2 Å². The fourth-order valence-corrected chi connectivity index (χ4v) is 4.67. The summed E-state index contributed by atoms with van der Waals surface area (Å²) in [6.07, 6.45) is 3.42. The van der Waals surface area contributed by atoms with Gasteiger partial charge in [0, 0.05) is 31.8 Å². The average molecular weight is 444 g/mol. The van der Waals surface area contributed by atoms with Gasteiger partial charge in [0.15, 0.2) is 0 Å². The topological polar surface area (TPSA) is 105 Å². The molecule has 0 aromatic heterocycles. The number of hydrogen-bond donors (Lipinski definition) is 0. The summed E-state index contributed by atoms with van der Waals surface area (Å²) >= 11 is 0. The van der Waals surface area contributed by atoms with Crippen LogP contribution in [0.2, 0.25) is 0 Å². The fraction of sp³-hybridized carbons (Fsp3) is 0.500. The minimum atomic E-state index is -0.735. The number of hydrogen-bond acceptors (Lipinski definition) is 8. The Morgan fingerprint density at radius 1 is 1.16 bits per heavy atom. The van der Waals surface area contributed by atoms with Gasteiger partial charge >= 0.3 is 23.9 Å². The molecule has 0 radical (unpaired) electrons. The second-order valence-corrected chi connectivity index (χ2v) is 8.36. The van der Waals surface area contributed by atoms with Crippen LogP contribution in [0.5, 0.6) is 0 Å². The molecule has 0 bridgehead atoms. The largest absolute Gasteiger partial charge is 0.462 e. The summed E-state index contributed by atoms with van der Waals surface area (Å²) in [5.41, 5.74) is 2.34. The van der Waals surface area contributed by atoms with Crippen LogP contribution < -0.4 is 0 Å². The molecule has 32 heavy (non-hydrogen) atoms. The number of ether oxygens (including phenoxy) is 4. The van der Waals surface area contributed by atoms with Crippen molar-refractivity contribution in [2.24, 2.45) is 17.8 Å². The lowest BCUT2D eigenvalue weighted by molar-refractivity contribution is -0.150. The summed E-state index contributed by atoms with van der Waals surface area (Å²) in [5, 5.41) is 0. The van der Waals surface area contributed by atoms with Crippen LogP contribution in [0.4, 0.5) is 0 Å². The number of esters is 4. The Hall–Kier alpha value is -3.16. The molecule has 3 rings (SSSR count). The maximum atomic E-state index is 13.0. The molecule has 0 aromatic carbocycles. The van der Waals surface area contributed by atoms with Crippen molar-refractivity contribution in [2.45, 2.75) is 45.8 Å². The van der Waals surface area contributed by atoms with Crippen LogP contribution in [0.25, 0.3) is 0 Å².